The van der Waals surface area contributed by atoms with E-state index in [1.165, 1.54) is 0 Å². The molecule has 0 aliphatic rings. The van der Waals surface area contributed by atoms with Crippen molar-refractivity contribution in [2.75, 3.05) is 27.2 Å². The van der Waals surface area contributed by atoms with E-state index < -0.39 is 0 Å². The van der Waals surface area contributed by atoms with E-state index in [-0.39, 0.29) is 6.10 Å². The molecule has 0 spiro atoms. The fourth-order valence-electron chi connectivity index (χ4n) is 0.852. The minimum atomic E-state index is -0.182. The van der Waals surface area contributed by atoms with Gasteiger partial charge in [-0.05, 0) is 33.5 Å². The zero-order chi connectivity index (χ0) is 7.82. The van der Waals surface area contributed by atoms with Crippen molar-refractivity contribution < 1.29 is 5.11 Å². The van der Waals surface area contributed by atoms with Crippen molar-refractivity contribution in [1.82, 2.24) is 10.6 Å². The van der Waals surface area contributed by atoms with Gasteiger partial charge in [0.25, 0.3) is 0 Å². The lowest BCUT2D eigenvalue weighted by molar-refractivity contribution is 0.162. The molecule has 0 aromatic heterocycles. The average Bonchev–Trinajstić information content (AvgIpc) is 1.89. The van der Waals surface area contributed by atoms with E-state index in [1.54, 1.807) is 0 Å². The van der Waals surface area contributed by atoms with Gasteiger partial charge in [0.1, 0.15) is 0 Å². The van der Waals surface area contributed by atoms with Crippen LogP contribution in [0.2, 0.25) is 0 Å². The van der Waals surface area contributed by atoms with E-state index in [0.29, 0.717) is 6.54 Å². The number of hydrogen-bond donors (Lipinski definition) is 3. The number of nitrogens with one attached hydrogen (secondary N) is 2. The summed E-state index contributed by atoms with van der Waals surface area (Å²) >= 11 is 0. The highest BCUT2D eigenvalue weighted by Crippen LogP contribution is 1.93. The molecule has 0 saturated carbocycles. The summed E-state index contributed by atoms with van der Waals surface area (Å²) in [5.74, 6) is 0. The smallest absolute Gasteiger partial charge is 0.0665 e. The first-order chi connectivity index (χ1) is 4.81. The zero-order valence-corrected chi connectivity index (χ0v) is 6.85. The molecule has 0 saturated heterocycles. The average molecular weight is 146 g/mol. The molecule has 3 nitrogen and oxygen atoms in total. The van der Waals surface area contributed by atoms with Crippen LogP contribution in [-0.4, -0.2) is 38.4 Å². The van der Waals surface area contributed by atoms with Gasteiger partial charge in [0, 0.05) is 6.54 Å². The minimum absolute atomic E-state index is 0.182. The van der Waals surface area contributed by atoms with E-state index in [0.717, 1.165) is 19.4 Å². The first kappa shape index (κ1) is 9.88. The Morgan fingerprint density at radius 2 is 2.00 bits per heavy atom. The van der Waals surface area contributed by atoms with E-state index >= 15 is 0 Å². The Hall–Kier alpha value is -0.120. The Morgan fingerprint density at radius 3 is 2.50 bits per heavy atom. The second-order valence-electron chi connectivity index (χ2n) is 2.46. The predicted octanol–water partition coefficient (Wildman–Crippen LogP) is -0.434. The lowest BCUT2D eigenvalue weighted by Gasteiger charge is -2.08. The van der Waals surface area contributed by atoms with Crippen molar-refractivity contribution >= 4 is 0 Å². The maximum Gasteiger partial charge on any atom is 0.0665 e. The Bertz CT molecular complexity index is 68.6. The van der Waals surface area contributed by atoms with Gasteiger partial charge in [0.15, 0.2) is 0 Å². The zero-order valence-electron chi connectivity index (χ0n) is 6.85. The molecule has 0 bridgehead atoms. The highest BCUT2D eigenvalue weighted by molar-refractivity contribution is 4.57. The van der Waals surface area contributed by atoms with E-state index in [2.05, 4.69) is 10.6 Å². The molecule has 62 valence electrons. The fourth-order valence-corrected chi connectivity index (χ4v) is 0.852. The molecule has 0 aromatic carbocycles. The molecule has 10 heavy (non-hydrogen) atoms. The van der Waals surface area contributed by atoms with E-state index in [9.17, 15) is 5.11 Å². The van der Waals surface area contributed by atoms with Crippen LogP contribution in [0.4, 0.5) is 0 Å². The molecule has 3 heteroatoms. The van der Waals surface area contributed by atoms with Gasteiger partial charge in [-0.25, -0.2) is 0 Å². The lowest BCUT2D eigenvalue weighted by Crippen LogP contribution is -2.24. The summed E-state index contributed by atoms with van der Waals surface area (Å²) in [6, 6.07) is 0. The Labute approximate surface area is 62.8 Å². The second kappa shape index (κ2) is 6.99. The number of rotatable bonds is 6. The number of hydrogen-bond acceptors (Lipinski definition) is 3. The highest BCUT2D eigenvalue weighted by atomic mass is 16.3. The maximum absolute atomic E-state index is 9.19. The fraction of sp³-hybridized carbons (Fsp3) is 1.00. The second-order valence-corrected chi connectivity index (χ2v) is 2.46. The molecule has 0 aliphatic heterocycles. The van der Waals surface area contributed by atoms with Gasteiger partial charge in [0.05, 0.1) is 6.10 Å². The molecule has 0 fully saturated rings. The van der Waals surface area contributed by atoms with Gasteiger partial charge < -0.3 is 15.7 Å². The number of likely N-dealkylation sites (N-methyl/N-ethyl adjacent to an activating group) is 1. The topological polar surface area (TPSA) is 44.3 Å². The van der Waals surface area contributed by atoms with Gasteiger partial charge in [-0.3, -0.25) is 0 Å². The normalized spacial score (nSPS) is 13.5. The number of aliphatic hydroxyl groups is 1. The van der Waals surface area contributed by atoms with Crippen molar-refractivity contribution in [1.29, 1.82) is 0 Å². The summed E-state index contributed by atoms with van der Waals surface area (Å²) in [4.78, 5) is 0. The molecule has 0 aliphatic carbocycles. The third-order valence-corrected chi connectivity index (χ3v) is 1.40. The molecule has 0 aromatic rings. The van der Waals surface area contributed by atoms with Crippen molar-refractivity contribution in [3.63, 3.8) is 0 Å². The van der Waals surface area contributed by atoms with Gasteiger partial charge in [0.2, 0.25) is 0 Å². The Balaban J connectivity index is 2.97. The van der Waals surface area contributed by atoms with Crippen LogP contribution in [0.25, 0.3) is 0 Å². The third kappa shape index (κ3) is 6.01. The van der Waals surface area contributed by atoms with Crippen LogP contribution in [0.3, 0.4) is 0 Å². The predicted molar refractivity (Wildman–Crippen MR) is 43.1 cm³/mol. The maximum atomic E-state index is 9.19. The van der Waals surface area contributed by atoms with Crippen LogP contribution >= 0.6 is 0 Å². The molecule has 0 radical (unpaired) electrons. The van der Waals surface area contributed by atoms with Crippen molar-refractivity contribution in [3.8, 4) is 0 Å². The molecule has 0 rings (SSSR count). The largest absolute Gasteiger partial charge is 0.392 e. The minimum Gasteiger partial charge on any atom is -0.392 e. The highest BCUT2D eigenvalue weighted by Gasteiger charge is 1.99. The van der Waals surface area contributed by atoms with Gasteiger partial charge >= 0.3 is 0 Å². The van der Waals surface area contributed by atoms with Crippen LogP contribution in [0.15, 0.2) is 0 Å². The van der Waals surface area contributed by atoms with E-state index in [4.69, 9.17) is 0 Å². The summed E-state index contributed by atoms with van der Waals surface area (Å²) in [5.41, 5.74) is 0. The Morgan fingerprint density at radius 1 is 1.30 bits per heavy atom. The molecular formula is C7H18N2O. The van der Waals surface area contributed by atoms with Crippen LogP contribution in [0.1, 0.15) is 12.8 Å². The van der Waals surface area contributed by atoms with Crippen LogP contribution < -0.4 is 10.6 Å². The van der Waals surface area contributed by atoms with Gasteiger partial charge in [-0.2, -0.15) is 0 Å². The number of aliphatic hydroxyl groups excluding tert-OH is 1. The Kier molecular flexibility index (Phi) is 6.91. The summed E-state index contributed by atoms with van der Waals surface area (Å²) in [7, 11) is 3.77. The van der Waals surface area contributed by atoms with Gasteiger partial charge in [-0.15, -0.1) is 0 Å². The molecule has 0 amide bonds. The molecule has 1 atom stereocenters. The van der Waals surface area contributed by atoms with Crippen LogP contribution in [0.5, 0.6) is 0 Å². The summed E-state index contributed by atoms with van der Waals surface area (Å²) < 4.78 is 0. The summed E-state index contributed by atoms with van der Waals surface area (Å²) in [6.45, 7) is 1.69. The monoisotopic (exact) mass is 146 g/mol. The van der Waals surface area contributed by atoms with Gasteiger partial charge in [-0.1, -0.05) is 0 Å². The lowest BCUT2D eigenvalue weighted by atomic mass is 10.2. The van der Waals surface area contributed by atoms with E-state index in [1.807, 2.05) is 14.1 Å². The molecular weight excluding hydrogens is 128 g/mol. The van der Waals surface area contributed by atoms with Crippen molar-refractivity contribution in [2.24, 2.45) is 0 Å². The SMILES string of the molecule is CNCCCC(O)CNC. The first-order valence-electron chi connectivity index (χ1n) is 3.78. The summed E-state index contributed by atoms with van der Waals surface area (Å²) in [6.07, 6.45) is 1.74. The first-order valence-corrected chi connectivity index (χ1v) is 3.78. The van der Waals surface area contributed by atoms with Crippen LogP contribution in [0, 0.1) is 0 Å². The van der Waals surface area contributed by atoms with Crippen molar-refractivity contribution in [2.45, 2.75) is 18.9 Å². The third-order valence-electron chi connectivity index (χ3n) is 1.40. The molecule has 1 unspecified atom stereocenters. The quantitative estimate of drug-likeness (QED) is 0.445. The van der Waals surface area contributed by atoms with Crippen molar-refractivity contribution in [3.05, 3.63) is 0 Å². The molecule has 3 N–H and O–H groups in total. The summed E-state index contributed by atoms with van der Waals surface area (Å²) in [5, 5.41) is 15.1. The molecule has 0 heterocycles. The van der Waals surface area contributed by atoms with Crippen LogP contribution in [-0.2, 0) is 0 Å². The standard InChI is InChI=1S/C7H18N2O/c1-8-5-3-4-7(10)6-9-2/h7-10H,3-6H2,1-2H3.